The highest BCUT2D eigenvalue weighted by Crippen LogP contribution is 2.21. The fourth-order valence-electron chi connectivity index (χ4n) is 1.54. The molecule has 0 atom stereocenters. The lowest BCUT2D eigenvalue weighted by molar-refractivity contribution is 0.0694. The monoisotopic (exact) mass is 276 g/mol. The molecule has 1 aromatic carbocycles. The Kier molecular flexibility index (Phi) is 3.90. The van der Waals surface area contributed by atoms with E-state index in [-0.39, 0.29) is 11.3 Å². The first-order valence-electron chi connectivity index (χ1n) is 5.68. The molecule has 0 saturated heterocycles. The molecule has 0 saturated carbocycles. The lowest BCUT2D eigenvalue weighted by Gasteiger charge is -2.08. The molecule has 0 aliphatic heterocycles. The van der Waals surface area contributed by atoms with E-state index in [9.17, 15) is 14.7 Å². The fraction of sp³-hybridized carbons (Fsp3) is 0.0769. The highest BCUT2D eigenvalue weighted by molar-refractivity contribution is 5.93. The third kappa shape index (κ3) is 3.29. The van der Waals surface area contributed by atoms with E-state index in [1.54, 1.807) is 6.07 Å². The summed E-state index contributed by atoms with van der Waals surface area (Å²) in [5.41, 5.74) is 0.871. The molecule has 7 nitrogen and oxygen atoms in total. The molecule has 0 spiro atoms. The number of aromatic carboxylic acids is 1. The number of urea groups is 1. The summed E-state index contributed by atoms with van der Waals surface area (Å²) >= 11 is 0. The van der Waals surface area contributed by atoms with Crippen molar-refractivity contribution in [2.75, 3.05) is 5.32 Å². The van der Waals surface area contributed by atoms with Crippen molar-refractivity contribution in [1.82, 2.24) is 5.32 Å². The molecule has 0 radical (unpaired) electrons. The van der Waals surface area contributed by atoms with Gasteiger partial charge >= 0.3 is 12.0 Å². The number of carboxylic acid groups (broad SMARTS) is 1. The van der Waals surface area contributed by atoms with Gasteiger partial charge in [0.1, 0.15) is 11.3 Å². The number of anilines is 1. The Bertz CT molecular complexity index is 622. The number of carbonyl (C=O) groups is 2. The molecule has 2 aromatic rings. The third-order valence-corrected chi connectivity index (χ3v) is 2.52. The zero-order valence-corrected chi connectivity index (χ0v) is 10.3. The first-order valence-corrected chi connectivity index (χ1v) is 5.68. The second kappa shape index (κ2) is 5.79. The zero-order valence-electron chi connectivity index (χ0n) is 10.3. The van der Waals surface area contributed by atoms with Gasteiger partial charge in [-0.25, -0.2) is 9.59 Å². The Morgan fingerprint density at radius 1 is 1.25 bits per heavy atom. The second-order valence-electron chi connectivity index (χ2n) is 3.98. The molecule has 4 N–H and O–H groups in total. The standard InChI is InChI=1S/C13H12N2O5/c16-11-5-9(1-2-10(11)12(17)18)15-13(19)14-6-8-3-4-20-7-8/h1-5,7,16H,6H2,(H,17,18)(H2,14,15,19). The second-order valence-corrected chi connectivity index (χ2v) is 3.98. The maximum absolute atomic E-state index is 11.6. The topological polar surface area (TPSA) is 112 Å². The van der Waals surface area contributed by atoms with Crippen molar-refractivity contribution >= 4 is 17.7 Å². The van der Waals surface area contributed by atoms with E-state index in [4.69, 9.17) is 9.52 Å². The maximum atomic E-state index is 11.6. The van der Waals surface area contributed by atoms with E-state index in [0.717, 1.165) is 5.56 Å². The lowest BCUT2D eigenvalue weighted by atomic mass is 10.2. The number of benzene rings is 1. The van der Waals surface area contributed by atoms with E-state index in [2.05, 4.69) is 10.6 Å². The minimum Gasteiger partial charge on any atom is -0.507 e. The average Bonchev–Trinajstić information content (AvgIpc) is 2.89. The fourth-order valence-corrected chi connectivity index (χ4v) is 1.54. The van der Waals surface area contributed by atoms with Crippen LogP contribution in [0.15, 0.2) is 41.2 Å². The van der Waals surface area contributed by atoms with Crippen molar-refractivity contribution in [3.63, 3.8) is 0 Å². The van der Waals surface area contributed by atoms with Crippen LogP contribution in [0.3, 0.4) is 0 Å². The predicted octanol–water partition coefficient (Wildman–Crippen LogP) is 2.01. The minimum absolute atomic E-state index is 0.227. The molecule has 0 bridgehead atoms. The lowest BCUT2D eigenvalue weighted by Crippen LogP contribution is -2.28. The summed E-state index contributed by atoms with van der Waals surface area (Å²) in [6, 6.07) is 5.01. The molecule has 7 heteroatoms. The SMILES string of the molecule is O=C(NCc1ccoc1)Nc1ccc(C(=O)O)c(O)c1. The van der Waals surface area contributed by atoms with Gasteiger partial charge in [0.2, 0.25) is 0 Å². The molecular weight excluding hydrogens is 264 g/mol. The van der Waals surface area contributed by atoms with Crippen LogP contribution in [0.2, 0.25) is 0 Å². The third-order valence-electron chi connectivity index (χ3n) is 2.52. The summed E-state index contributed by atoms with van der Waals surface area (Å²) in [7, 11) is 0. The number of carbonyl (C=O) groups excluding carboxylic acids is 1. The predicted molar refractivity (Wildman–Crippen MR) is 69.6 cm³/mol. The van der Waals surface area contributed by atoms with Gasteiger partial charge in [-0.05, 0) is 18.2 Å². The van der Waals surface area contributed by atoms with E-state index < -0.39 is 17.7 Å². The number of rotatable bonds is 4. The van der Waals surface area contributed by atoms with Gasteiger partial charge in [0.05, 0.1) is 12.5 Å². The van der Waals surface area contributed by atoms with Gasteiger partial charge in [-0.2, -0.15) is 0 Å². The van der Waals surface area contributed by atoms with Gasteiger partial charge in [0, 0.05) is 23.9 Å². The quantitative estimate of drug-likeness (QED) is 0.682. The molecule has 1 aromatic heterocycles. The van der Waals surface area contributed by atoms with Crippen molar-refractivity contribution in [1.29, 1.82) is 0 Å². The Balaban J connectivity index is 1.94. The number of hydrogen-bond donors (Lipinski definition) is 4. The molecular formula is C13H12N2O5. The van der Waals surface area contributed by atoms with Crippen LogP contribution in [-0.4, -0.2) is 22.2 Å². The summed E-state index contributed by atoms with van der Waals surface area (Å²) < 4.78 is 4.86. The molecule has 0 aliphatic rings. The number of amides is 2. The van der Waals surface area contributed by atoms with Gasteiger partial charge in [-0.15, -0.1) is 0 Å². The van der Waals surface area contributed by atoms with Crippen LogP contribution in [0.1, 0.15) is 15.9 Å². The number of aromatic hydroxyl groups is 1. The number of nitrogens with one attached hydrogen (secondary N) is 2. The van der Waals surface area contributed by atoms with Crippen LogP contribution in [-0.2, 0) is 6.54 Å². The van der Waals surface area contributed by atoms with Gasteiger partial charge in [-0.3, -0.25) is 0 Å². The van der Waals surface area contributed by atoms with Gasteiger partial charge < -0.3 is 25.3 Å². The van der Waals surface area contributed by atoms with Crippen LogP contribution in [0.25, 0.3) is 0 Å². The normalized spacial score (nSPS) is 10.0. The Morgan fingerprint density at radius 3 is 2.65 bits per heavy atom. The van der Waals surface area contributed by atoms with Crippen LogP contribution < -0.4 is 10.6 Å². The smallest absolute Gasteiger partial charge is 0.339 e. The number of carboxylic acids is 1. The number of furan rings is 1. The van der Waals surface area contributed by atoms with Crippen molar-refractivity contribution in [3.8, 4) is 5.75 Å². The summed E-state index contributed by atoms with van der Waals surface area (Å²) in [6.07, 6.45) is 3.01. The Labute approximate surface area is 113 Å². The van der Waals surface area contributed by atoms with Gasteiger partial charge in [-0.1, -0.05) is 0 Å². The zero-order chi connectivity index (χ0) is 14.5. The van der Waals surface area contributed by atoms with Crippen molar-refractivity contribution in [2.45, 2.75) is 6.54 Å². The molecule has 0 unspecified atom stereocenters. The van der Waals surface area contributed by atoms with E-state index in [1.807, 2.05) is 0 Å². The highest BCUT2D eigenvalue weighted by Gasteiger charge is 2.10. The Morgan fingerprint density at radius 2 is 2.05 bits per heavy atom. The largest absolute Gasteiger partial charge is 0.507 e. The van der Waals surface area contributed by atoms with Crippen molar-refractivity contribution in [3.05, 3.63) is 47.9 Å². The van der Waals surface area contributed by atoms with Crippen molar-refractivity contribution < 1.29 is 24.2 Å². The van der Waals surface area contributed by atoms with E-state index >= 15 is 0 Å². The number of hydrogen-bond acceptors (Lipinski definition) is 4. The summed E-state index contributed by atoms with van der Waals surface area (Å²) in [5.74, 6) is -1.65. The van der Waals surface area contributed by atoms with Crippen LogP contribution in [0.5, 0.6) is 5.75 Å². The van der Waals surface area contributed by atoms with Crippen molar-refractivity contribution in [2.24, 2.45) is 0 Å². The van der Waals surface area contributed by atoms with Gasteiger partial charge in [0.15, 0.2) is 0 Å². The van der Waals surface area contributed by atoms with E-state index in [0.29, 0.717) is 6.54 Å². The summed E-state index contributed by atoms with van der Waals surface area (Å²) in [5, 5.41) is 23.3. The molecule has 0 aliphatic carbocycles. The van der Waals surface area contributed by atoms with Gasteiger partial charge in [0.25, 0.3) is 0 Å². The number of phenols is 1. The average molecular weight is 276 g/mol. The molecule has 1 heterocycles. The maximum Gasteiger partial charge on any atom is 0.339 e. The first kappa shape index (κ1) is 13.5. The highest BCUT2D eigenvalue weighted by atomic mass is 16.4. The molecule has 0 fully saturated rings. The van der Waals surface area contributed by atoms with Crippen LogP contribution >= 0.6 is 0 Å². The molecule has 2 rings (SSSR count). The first-order chi connectivity index (χ1) is 9.56. The van der Waals surface area contributed by atoms with Crippen LogP contribution in [0, 0.1) is 0 Å². The Hall–Kier alpha value is -2.96. The molecule has 2 amide bonds. The van der Waals surface area contributed by atoms with E-state index in [1.165, 1.54) is 30.7 Å². The molecule has 104 valence electrons. The molecule has 20 heavy (non-hydrogen) atoms. The summed E-state index contributed by atoms with van der Waals surface area (Å²) in [6.45, 7) is 0.293. The minimum atomic E-state index is -1.24. The van der Waals surface area contributed by atoms with Crippen LogP contribution in [0.4, 0.5) is 10.5 Å². The summed E-state index contributed by atoms with van der Waals surface area (Å²) in [4.78, 5) is 22.3.